The summed E-state index contributed by atoms with van der Waals surface area (Å²) in [7, 11) is 0. The number of nitrogens with one attached hydrogen (secondary N) is 1. The van der Waals surface area contributed by atoms with Crippen LogP contribution in [-0.2, 0) is 6.54 Å². The number of anilines is 1. The lowest BCUT2D eigenvalue weighted by atomic mass is 10.1. The lowest BCUT2D eigenvalue weighted by Crippen LogP contribution is -2.06. The Kier molecular flexibility index (Phi) is 3.85. The summed E-state index contributed by atoms with van der Waals surface area (Å²) in [5.74, 6) is -1.34. The molecular weight excluding hydrogens is 264 g/mol. The van der Waals surface area contributed by atoms with Gasteiger partial charge in [-0.2, -0.15) is 10.2 Å². The first-order valence-corrected chi connectivity index (χ1v) is 5.60. The molecule has 2 N–H and O–H groups in total. The van der Waals surface area contributed by atoms with Crippen LogP contribution >= 0.6 is 0 Å². The number of aromatic carboxylic acids is 1. The molecule has 0 amide bonds. The highest BCUT2D eigenvalue weighted by Gasteiger charge is 2.19. The molecule has 2 rings (SSSR count). The van der Waals surface area contributed by atoms with Gasteiger partial charge in [-0.25, -0.2) is 4.79 Å². The summed E-state index contributed by atoms with van der Waals surface area (Å²) in [6, 6.07) is 7.31. The molecule has 0 atom stereocenters. The average molecular weight is 274 g/mol. The summed E-state index contributed by atoms with van der Waals surface area (Å²) in [6.07, 6.45) is 1.54. The van der Waals surface area contributed by atoms with Crippen LogP contribution in [0.2, 0.25) is 0 Å². The molecule has 0 fully saturated rings. The molecule has 1 heterocycles. The third-order valence-corrected chi connectivity index (χ3v) is 2.53. The second-order valence-corrected chi connectivity index (χ2v) is 3.86. The number of aromatic nitrogens is 2. The highest BCUT2D eigenvalue weighted by Crippen LogP contribution is 2.23. The highest BCUT2D eigenvalue weighted by atomic mass is 16.6. The topological polar surface area (TPSA) is 118 Å². The van der Waals surface area contributed by atoms with Gasteiger partial charge in [0.25, 0.3) is 5.69 Å². The van der Waals surface area contributed by atoms with Crippen LogP contribution in [-0.4, -0.2) is 26.2 Å². The second kappa shape index (κ2) is 5.74. The van der Waals surface area contributed by atoms with E-state index in [0.29, 0.717) is 17.9 Å². The van der Waals surface area contributed by atoms with Gasteiger partial charge in [-0.15, -0.1) is 0 Å². The predicted octanol–water partition coefficient (Wildman–Crippen LogP) is 1.70. The molecule has 0 saturated carbocycles. The summed E-state index contributed by atoms with van der Waals surface area (Å²) in [5, 5.41) is 30.2. The molecule has 0 radical (unpaired) electrons. The van der Waals surface area contributed by atoms with Crippen LogP contribution in [0.15, 0.2) is 36.5 Å². The maximum absolute atomic E-state index is 10.9. The largest absolute Gasteiger partial charge is 0.477 e. The molecule has 0 unspecified atom stereocenters. The summed E-state index contributed by atoms with van der Waals surface area (Å²) in [5.41, 5.74) is 0.298. The van der Waals surface area contributed by atoms with Crippen LogP contribution in [0.4, 0.5) is 11.4 Å². The van der Waals surface area contributed by atoms with Gasteiger partial charge < -0.3 is 10.4 Å². The standard InChI is InChI=1S/C12H10N4O4/c17-12(18)10-4-3-8(6-11(10)16(19)20)13-7-9-2-1-5-14-15-9/h1-6,13H,7H2,(H,17,18). The van der Waals surface area contributed by atoms with Crippen molar-refractivity contribution in [3.8, 4) is 0 Å². The fourth-order valence-corrected chi connectivity index (χ4v) is 1.59. The smallest absolute Gasteiger partial charge is 0.342 e. The number of nitro benzene ring substituents is 1. The van der Waals surface area contributed by atoms with Crippen LogP contribution in [0.25, 0.3) is 0 Å². The molecule has 0 spiro atoms. The molecular formula is C12H10N4O4. The number of carboxylic acid groups (broad SMARTS) is 1. The third-order valence-electron chi connectivity index (χ3n) is 2.53. The number of carbonyl (C=O) groups is 1. The maximum Gasteiger partial charge on any atom is 0.342 e. The monoisotopic (exact) mass is 274 g/mol. The average Bonchev–Trinajstić information content (AvgIpc) is 2.45. The Morgan fingerprint density at radius 1 is 1.40 bits per heavy atom. The van der Waals surface area contributed by atoms with E-state index in [1.807, 2.05) is 0 Å². The zero-order chi connectivity index (χ0) is 14.5. The lowest BCUT2D eigenvalue weighted by molar-refractivity contribution is -0.385. The van der Waals surface area contributed by atoms with E-state index >= 15 is 0 Å². The van der Waals surface area contributed by atoms with Gasteiger partial charge in [0.1, 0.15) is 5.56 Å². The zero-order valence-electron chi connectivity index (χ0n) is 10.2. The Morgan fingerprint density at radius 3 is 2.80 bits per heavy atom. The van der Waals surface area contributed by atoms with Crippen molar-refractivity contribution in [3.63, 3.8) is 0 Å². The van der Waals surface area contributed by atoms with Crippen molar-refractivity contribution in [2.24, 2.45) is 0 Å². The van der Waals surface area contributed by atoms with E-state index < -0.39 is 16.6 Å². The quantitative estimate of drug-likeness (QED) is 0.629. The minimum absolute atomic E-state index is 0.331. The summed E-state index contributed by atoms with van der Waals surface area (Å²) < 4.78 is 0. The van der Waals surface area contributed by atoms with Gasteiger partial charge in [0.15, 0.2) is 0 Å². The number of carboxylic acids is 1. The molecule has 0 saturated heterocycles. The van der Waals surface area contributed by atoms with Gasteiger partial charge in [-0.3, -0.25) is 10.1 Å². The molecule has 0 aliphatic heterocycles. The normalized spacial score (nSPS) is 10.0. The maximum atomic E-state index is 10.9. The first-order chi connectivity index (χ1) is 9.58. The van der Waals surface area contributed by atoms with E-state index in [-0.39, 0.29) is 5.56 Å². The van der Waals surface area contributed by atoms with Gasteiger partial charge in [0.05, 0.1) is 17.2 Å². The molecule has 8 heteroatoms. The van der Waals surface area contributed by atoms with Crippen molar-refractivity contribution in [3.05, 3.63) is 57.9 Å². The van der Waals surface area contributed by atoms with Crippen molar-refractivity contribution in [2.75, 3.05) is 5.32 Å². The highest BCUT2D eigenvalue weighted by molar-refractivity contribution is 5.93. The number of hydrogen-bond donors (Lipinski definition) is 2. The molecule has 1 aromatic heterocycles. The fraction of sp³-hybridized carbons (Fsp3) is 0.0833. The van der Waals surface area contributed by atoms with Crippen LogP contribution in [0.1, 0.15) is 16.1 Å². The number of benzene rings is 1. The first-order valence-electron chi connectivity index (χ1n) is 5.60. The van der Waals surface area contributed by atoms with Gasteiger partial charge in [0, 0.05) is 18.0 Å². The van der Waals surface area contributed by atoms with Crippen molar-refractivity contribution in [2.45, 2.75) is 6.54 Å². The van der Waals surface area contributed by atoms with Crippen LogP contribution in [0, 0.1) is 10.1 Å². The first kappa shape index (κ1) is 13.4. The molecule has 1 aromatic carbocycles. The van der Waals surface area contributed by atoms with E-state index in [9.17, 15) is 14.9 Å². The lowest BCUT2D eigenvalue weighted by Gasteiger charge is -2.06. The molecule has 0 aliphatic rings. The van der Waals surface area contributed by atoms with Crippen LogP contribution in [0.5, 0.6) is 0 Å². The fourth-order valence-electron chi connectivity index (χ4n) is 1.59. The summed E-state index contributed by atoms with van der Waals surface area (Å²) in [4.78, 5) is 21.0. The predicted molar refractivity (Wildman–Crippen MR) is 69.4 cm³/mol. The Bertz CT molecular complexity index is 645. The van der Waals surface area contributed by atoms with E-state index in [1.54, 1.807) is 12.1 Å². The molecule has 20 heavy (non-hydrogen) atoms. The molecule has 102 valence electrons. The molecule has 0 aliphatic carbocycles. The molecule has 2 aromatic rings. The molecule has 0 bridgehead atoms. The second-order valence-electron chi connectivity index (χ2n) is 3.86. The minimum atomic E-state index is -1.34. The summed E-state index contributed by atoms with van der Waals surface area (Å²) in [6.45, 7) is 0.331. The minimum Gasteiger partial charge on any atom is -0.477 e. The van der Waals surface area contributed by atoms with Crippen molar-refractivity contribution < 1.29 is 14.8 Å². The van der Waals surface area contributed by atoms with Gasteiger partial charge in [-0.1, -0.05) is 0 Å². The van der Waals surface area contributed by atoms with Crippen molar-refractivity contribution in [1.82, 2.24) is 10.2 Å². The van der Waals surface area contributed by atoms with Gasteiger partial charge in [-0.05, 0) is 24.3 Å². The number of nitro groups is 1. The van der Waals surface area contributed by atoms with E-state index in [1.165, 1.54) is 24.4 Å². The SMILES string of the molecule is O=C(O)c1ccc(NCc2cccnn2)cc1[N+](=O)[O-]. The van der Waals surface area contributed by atoms with Crippen LogP contribution in [0.3, 0.4) is 0 Å². The number of hydrogen-bond acceptors (Lipinski definition) is 6. The zero-order valence-corrected chi connectivity index (χ0v) is 10.2. The Hall–Kier alpha value is -3.03. The van der Waals surface area contributed by atoms with Gasteiger partial charge in [0.2, 0.25) is 0 Å². The van der Waals surface area contributed by atoms with Crippen LogP contribution < -0.4 is 5.32 Å². The molecule has 8 nitrogen and oxygen atoms in total. The van der Waals surface area contributed by atoms with Crippen molar-refractivity contribution >= 4 is 17.3 Å². The Morgan fingerprint density at radius 2 is 2.20 bits per heavy atom. The number of rotatable bonds is 5. The van der Waals surface area contributed by atoms with E-state index in [2.05, 4.69) is 15.5 Å². The van der Waals surface area contributed by atoms with Crippen molar-refractivity contribution in [1.29, 1.82) is 0 Å². The summed E-state index contributed by atoms with van der Waals surface area (Å²) >= 11 is 0. The third kappa shape index (κ3) is 3.05. The number of nitrogens with zero attached hydrogens (tertiary/aromatic N) is 3. The van der Waals surface area contributed by atoms with E-state index in [0.717, 1.165) is 0 Å². The Labute approximate surface area is 113 Å². The Balaban J connectivity index is 2.19. The van der Waals surface area contributed by atoms with E-state index in [4.69, 9.17) is 5.11 Å². The van der Waals surface area contributed by atoms with Gasteiger partial charge >= 0.3 is 5.97 Å².